The predicted octanol–water partition coefficient (Wildman–Crippen LogP) is 4.40. The van der Waals surface area contributed by atoms with Crippen molar-refractivity contribution in [2.45, 2.75) is 19.8 Å². The molecule has 144 valence electrons. The van der Waals surface area contributed by atoms with Crippen LogP contribution in [-0.2, 0) is 0 Å². The first-order chi connectivity index (χ1) is 13.5. The zero-order valence-electron chi connectivity index (χ0n) is 15.3. The minimum atomic E-state index is -0.486. The topological polar surface area (TPSA) is 89.2 Å². The van der Waals surface area contributed by atoms with E-state index in [0.29, 0.717) is 32.8 Å². The maximum atomic E-state index is 13.1. The van der Waals surface area contributed by atoms with Crippen molar-refractivity contribution in [3.05, 3.63) is 64.7 Å². The second kappa shape index (κ2) is 8.95. The summed E-state index contributed by atoms with van der Waals surface area (Å²) < 4.78 is 0. The Kier molecular flexibility index (Phi) is 6.38. The molecule has 2 amide bonds. The fourth-order valence-corrected chi connectivity index (χ4v) is 3.69. The molecule has 0 bridgehead atoms. The number of carbonyl (C=O) groups excluding carboxylic acids is 2. The quantitative estimate of drug-likeness (QED) is 0.620. The number of anilines is 1. The summed E-state index contributed by atoms with van der Waals surface area (Å²) in [6.45, 7) is 2.58. The van der Waals surface area contributed by atoms with Crippen LogP contribution >= 0.6 is 22.9 Å². The van der Waals surface area contributed by atoms with Gasteiger partial charge >= 0.3 is 0 Å². The minimum absolute atomic E-state index is 0.203. The van der Waals surface area contributed by atoms with Gasteiger partial charge in [-0.25, -0.2) is 0 Å². The van der Waals surface area contributed by atoms with Crippen molar-refractivity contribution in [3.63, 3.8) is 0 Å². The first kappa shape index (κ1) is 20.0. The lowest BCUT2D eigenvalue weighted by molar-refractivity contribution is 0.0982. The van der Waals surface area contributed by atoms with Gasteiger partial charge in [0, 0.05) is 17.7 Å². The van der Waals surface area contributed by atoms with Gasteiger partial charge in [0.15, 0.2) is 0 Å². The molecule has 0 aliphatic carbocycles. The highest BCUT2D eigenvalue weighted by molar-refractivity contribution is 7.18. The van der Waals surface area contributed by atoms with E-state index in [1.54, 1.807) is 53.4 Å². The predicted molar refractivity (Wildman–Crippen MR) is 112 cm³/mol. The van der Waals surface area contributed by atoms with Crippen LogP contribution in [0, 0.1) is 0 Å². The molecule has 1 heterocycles. The van der Waals surface area contributed by atoms with Crippen LogP contribution in [0.3, 0.4) is 0 Å². The number of hydrogen-bond donors (Lipinski definition) is 1. The summed E-state index contributed by atoms with van der Waals surface area (Å²) in [6.07, 6.45) is 1.77. The summed E-state index contributed by atoms with van der Waals surface area (Å²) >= 11 is 7.52. The van der Waals surface area contributed by atoms with E-state index in [4.69, 9.17) is 17.3 Å². The van der Waals surface area contributed by atoms with Crippen molar-refractivity contribution >= 4 is 39.9 Å². The highest BCUT2D eigenvalue weighted by Crippen LogP contribution is 2.30. The maximum Gasteiger partial charge on any atom is 0.261 e. The highest BCUT2D eigenvalue weighted by atomic mass is 35.5. The van der Waals surface area contributed by atoms with Crippen molar-refractivity contribution in [1.82, 2.24) is 10.2 Å². The molecule has 0 fully saturated rings. The molecule has 0 aliphatic rings. The molecule has 2 aromatic carbocycles. The molecule has 0 aliphatic heterocycles. The molecule has 0 radical (unpaired) electrons. The summed E-state index contributed by atoms with van der Waals surface area (Å²) in [4.78, 5) is 25.9. The van der Waals surface area contributed by atoms with Gasteiger partial charge in [-0.3, -0.25) is 14.5 Å². The van der Waals surface area contributed by atoms with E-state index >= 15 is 0 Å². The van der Waals surface area contributed by atoms with Gasteiger partial charge in [-0.2, -0.15) is 0 Å². The Morgan fingerprint density at radius 3 is 2.46 bits per heavy atom. The number of nitrogens with zero attached hydrogens (tertiary/aromatic N) is 3. The largest absolute Gasteiger partial charge is 0.366 e. The fraction of sp³-hybridized carbons (Fsp3) is 0.200. The molecule has 0 unspecified atom stereocenters. The van der Waals surface area contributed by atoms with Gasteiger partial charge in [-0.1, -0.05) is 60.5 Å². The normalized spacial score (nSPS) is 10.6. The Morgan fingerprint density at radius 1 is 1.11 bits per heavy atom. The number of halogens is 1. The SMILES string of the molecule is CCCCN(C(=O)c1ccccc1Cl)c1nnc(-c2ccc(C(N)=O)cc2)s1. The van der Waals surface area contributed by atoms with E-state index in [0.717, 1.165) is 18.4 Å². The fourth-order valence-electron chi connectivity index (χ4n) is 2.60. The number of carbonyl (C=O) groups is 2. The number of primary amides is 1. The van der Waals surface area contributed by atoms with Crippen LogP contribution in [0.15, 0.2) is 48.5 Å². The van der Waals surface area contributed by atoms with Crippen molar-refractivity contribution in [2.24, 2.45) is 5.73 Å². The molecule has 0 atom stereocenters. The summed E-state index contributed by atoms with van der Waals surface area (Å²) in [5.74, 6) is -0.689. The molecule has 1 aromatic heterocycles. The van der Waals surface area contributed by atoms with Crippen LogP contribution in [0.2, 0.25) is 5.02 Å². The lowest BCUT2D eigenvalue weighted by Gasteiger charge is -2.19. The lowest BCUT2D eigenvalue weighted by Crippen LogP contribution is -2.32. The third kappa shape index (κ3) is 4.37. The monoisotopic (exact) mass is 414 g/mol. The van der Waals surface area contributed by atoms with E-state index in [-0.39, 0.29) is 5.91 Å². The Bertz CT molecular complexity index is 988. The molecule has 3 aromatic rings. The van der Waals surface area contributed by atoms with Gasteiger partial charge in [0.2, 0.25) is 11.0 Å². The lowest BCUT2D eigenvalue weighted by atomic mass is 10.1. The Hall–Kier alpha value is -2.77. The second-order valence-electron chi connectivity index (χ2n) is 6.12. The summed E-state index contributed by atoms with van der Waals surface area (Å²) in [6, 6.07) is 13.8. The zero-order chi connectivity index (χ0) is 20.1. The van der Waals surface area contributed by atoms with Crippen LogP contribution in [0.1, 0.15) is 40.5 Å². The second-order valence-corrected chi connectivity index (χ2v) is 7.48. The number of nitrogens with two attached hydrogens (primary N) is 1. The number of unbranched alkanes of at least 4 members (excludes halogenated alkanes) is 1. The number of hydrogen-bond acceptors (Lipinski definition) is 5. The van der Waals surface area contributed by atoms with Gasteiger partial charge in [0.1, 0.15) is 5.01 Å². The summed E-state index contributed by atoms with van der Waals surface area (Å²) in [5.41, 5.74) is 6.93. The van der Waals surface area contributed by atoms with Crippen molar-refractivity contribution in [2.75, 3.05) is 11.4 Å². The van der Waals surface area contributed by atoms with Crippen molar-refractivity contribution in [1.29, 1.82) is 0 Å². The molecule has 3 rings (SSSR count). The van der Waals surface area contributed by atoms with Gasteiger partial charge < -0.3 is 5.73 Å². The molecule has 2 N–H and O–H groups in total. The summed E-state index contributed by atoms with van der Waals surface area (Å²) in [5, 5.41) is 9.99. The smallest absolute Gasteiger partial charge is 0.261 e. The molecular weight excluding hydrogens is 396 g/mol. The zero-order valence-corrected chi connectivity index (χ0v) is 16.8. The maximum absolute atomic E-state index is 13.1. The van der Waals surface area contributed by atoms with Crippen molar-refractivity contribution in [3.8, 4) is 10.6 Å². The van der Waals surface area contributed by atoms with Crippen LogP contribution in [-0.4, -0.2) is 28.6 Å². The van der Waals surface area contributed by atoms with E-state index < -0.39 is 5.91 Å². The number of amides is 2. The number of aromatic nitrogens is 2. The molecule has 0 saturated carbocycles. The van der Waals surface area contributed by atoms with E-state index in [1.165, 1.54) is 11.3 Å². The molecule has 0 saturated heterocycles. The van der Waals surface area contributed by atoms with Crippen molar-refractivity contribution < 1.29 is 9.59 Å². The first-order valence-corrected chi connectivity index (χ1v) is 10.0. The number of benzene rings is 2. The minimum Gasteiger partial charge on any atom is -0.366 e. The first-order valence-electron chi connectivity index (χ1n) is 8.81. The molecular formula is C20H19ClN4O2S. The molecule has 6 nitrogen and oxygen atoms in total. The van der Waals surface area contributed by atoms with E-state index in [2.05, 4.69) is 17.1 Å². The van der Waals surface area contributed by atoms with Gasteiger partial charge in [-0.15, -0.1) is 10.2 Å². The van der Waals surface area contributed by atoms with Gasteiger partial charge in [0.25, 0.3) is 5.91 Å². The van der Waals surface area contributed by atoms with Gasteiger partial charge in [-0.05, 0) is 30.7 Å². The number of rotatable bonds is 7. The highest BCUT2D eigenvalue weighted by Gasteiger charge is 2.23. The van der Waals surface area contributed by atoms with Crippen LogP contribution in [0.25, 0.3) is 10.6 Å². The average Bonchev–Trinajstić information content (AvgIpc) is 3.18. The van der Waals surface area contributed by atoms with Crippen LogP contribution in [0.4, 0.5) is 5.13 Å². The van der Waals surface area contributed by atoms with Crippen LogP contribution < -0.4 is 10.6 Å². The van der Waals surface area contributed by atoms with E-state index in [9.17, 15) is 9.59 Å². The Balaban J connectivity index is 1.90. The van der Waals surface area contributed by atoms with Gasteiger partial charge in [0.05, 0.1) is 10.6 Å². The standard InChI is InChI=1S/C20H19ClN4O2S/c1-2-3-12-25(19(27)15-6-4-5-7-16(15)21)20-24-23-18(28-20)14-10-8-13(9-11-14)17(22)26/h4-11H,2-3,12H2,1H3,(H2,22,26). The molecule has 28 heavy (non-hydrogen) atoms. The average molecular weight is 415 g/mol. The Labute approximate surface area is 172 Å². The Morgan fingerprint density at radius 2 is 1.82 bits per heavy atom. The van der Waals surface area contributed by atoms with Crippen LogP contribution in [0.5, 0.6) is 0 Å². The van der Waals surface area contributed by atoms with E-state index in [1.807, 2.05) is 0 Å². The third-order valence-electron chi connectivity index (χ3n) is 4.15. The third-order valence-corrected chi connectivity index (χ3v) is 5.47. The summed E-state index contributed by atoms with van der Waals surface area (Å²) in [7, 11) is 0. The molecule has 8 heteroatoms. The molecule has 0 spiro atoms.